The van der Waals surface area contributed by atoms with Crippen molar-refractivity contribution in [2.45, 2.75) is 140 Å². The molecule has 256 valence electrons. The van der Waals surface area contributed by atoms with E-state index in [4.69, 9.17) is 9.47 Å². The summed E-state index contributed by atoms with van der Waals surface area (Å²) in [5, 5.41) is 0. The van der Waals surface area contributed by atoms with Crippen LogP contribution in [0.3, 0.4) is 0 Å². The third-order valence-corrected chi connectivity index (χ3v) is 12.0. The Bertz CT molecular complexity index is 1360. The van der Waals surface area contributed by atoms with E-state index in [-0.39, 0.29) is 23.3 Å². The minimum atomic E-state index is -0.121. The first-order valence-electron chi connectivity index (χ1n) is 18.9. The first kappa shape index (κ1) is 34.0. The van der Waals surface area contributed by atoms with E-state index in [9.17, 15) is 9.59 Å². The third kappa shape index (κ3) is 7.00. The molecule has 2 fully saturated rings. The summed E-state index contributed by atoms with van der Waals surface area (Å²) >= 11 is 0. The molecule has 1 amide bonds. The molecule has 0 N–H and O–H groups in total. The number of nitrogens with zero attached hydrogens (tertiary/aromatic N) is 2. The molecule has 1 saturated heterocycles. The number of unbranched alkanes of at least 4 members (excludes halogenated alkanes) is 8. The Morgan fingerprint density at radius 2 is 1.70 bits per heavy atom. The Morgan fingerprint density at radius 3 is 2.43 bits per heavy atom. The van der Waals surface area contributed by atoms with E-state index in [0.717, 1.165) is 76.0 Å². The maximum Gasteiger partial charge on any atom is 0.222 e. The number of piperidine rings is 1. The fourth-order valence-electron chi connectivity index (χ4n) is 9.81. The second kappa shape index (κ2) is 15.6. The van der Waals surface area contributed by atoms with Crippen LogP contribution in [-0.4, -0.2) is 66.4 Å². The minimum absolute atomic E-state index is 0.0590. The van der Waals surface area contributed by atoms with Gasteiger partial charge in [0.25, 0.3) is 0 Å². The van der Waals surface area contributed by atoms with Gasteiger partial charge in [0.1, 0.15) is 11.9 Å². The first-order valence-corrected chi connectivity index (χ1v) is 18.9. The number of amides is 1. The Hall–Kier alpha value is -2.86. The zero-order valence-corrected chi connectivity index (χ0v) is 29.3. The summed E-state index contributed by atoms with van der Waals surface area (Å²) in [6.07, 6.45) is 17.6. The number of carbonyl (C=O) groups excluding carboxylic acids is 2. The van der Waals surface area contributed by atoms with Crippen LogP contribution in [0.1, 0.15) is 120 Å². The van der Waals surface area contributed by atoms with Gasteiger partial charge in [0.15, 0.2) is 11.5 Å². The molecular weight excluding hydrogens is 584 g/mol. The predicted octanol–water partition coefficient (Wildman–Crippen LogP) is 8.07. The quantitative estimate of drug-likeness (QED) is 0.154. The van der Waals surface area contributed by atoms with Crippen molar-refractivity contribution in [2.24, 2.45) is 5.92 Å². The highest BCUT2D eigenvalue weighted by molar-refractivity contribution is 5.78. The monoisotopic (exact) mass is 642 g/mol. The van der Waals surface area contributed by atoms with Gasteiger partial charge in [-0.25, -0.2) is 0 Å². The Kier molecular flexibility index (Phi) is 11.3. The average Bonchev–Trinajstić information content (AvgIpc) is 3.43. The second-order valence-corrected chi connectivity index (χ2v) is 14.9. The van der Waals surface area contributed by atoms with E-state index in [1.54, 1.807) is 14.0 Å². The molecule has 2 aromatic carbocycles. The number of ketones is 1. The summed E-state index contributed by atoms with van der Waals surface area (Å²) in [7, 11) is 1.74. The highest BCUT2D eigenvalue weighted by Crippen LogP contribution is 2.64. The molecule has 2 bridgehead atoms. The van der Waals surface area contributed by atoms with Crippen LogP contribution >= 0.6 is 0 Å². The molecule has 0 radical (unpaired) electrons. The number of aryl methyl sites for hydroxylation is 1. The van der Waals surface area contributed by atoms with Crippen LogP contribution in [0.15, 0.2) is 42.5 Å². The molecule has 2 aliphatic carbocycles. The number of carbonyl (C=O) groups is 2. The molecule has 4 aliphatic rings. The number of likely N-dealkylation sites (tertiary alicyclic amines) is 1. The molecular formula is C41H58N2O4. The van der Waals surface area contributed by atoms with Crippen molar-refractivity contribution in [2.75, 3.05) is 26.7 Å². The fourth-order valence-corrected chi connectivity index (χ4v) is 9.81. The Labute approximate surface area is 283 Å². The zero-order chi connectivity index (χ0) is 32.8. The van der Waals surface area contributed by atoms with Gasteiger partial charge in [-0.3, -0.25) is 14.5 Å². The number of hydrogen-bond acceptors (Lipinski definition) is 5. The summed E-state index contributed by atoms with van der Waals surface area (Å²) in [5.41, 5.74) is 4.04. The number of methoxy groups -OCH3 is 1. The van der Waals surface area contributed by atoms with Crippen molar-refractivity contribution in [1.82, 2.24) is 9.80 Å². The van der Waals surface area contributed by atoms with Crippen molar-refractivity contribution < 1.29 is 19.1 Å². The molecule has 2 aromatic rings. The number of rotatable bonds is 18. The van der Waals surface area contributed by atoms with Crippen LogP contribution in [0.4, 0.5) is 0 Å². The molecule has 0 aromatic heterocycles. The molecule has 6 rings (SSSR count). The first-order chi connectivity index (χ1) is 23.0. The van der Waals surface area contributed by atoms with E-state index in [1.165, 1.54) is 61.6 Å². The van der Waals surface area contributed by atoms with Crippen molar-refractivity contribution in [3.05, 3.63) is 59.2 Å². The van der Waals surface area contributed by atoms with Crippen molar-refractivity contribution >= 4 is 11.7 Å². The maximum absolute atomic E-state index is 14.1. The Balaban J connectivity index is 1.07. The molecule has 6 heteroatoms. The normalized spacial score (nSPS) is 25.6. The molecule has 47 heavy (non-hydrogen) atoms. The lowest BCUT2D eigenvalue weighted by Crippen LogP contribution is -2.69. The topological polar surface area (TPSA) is 59.1 Å². The zero-order valence-electron chi connectivity index (χ0n) is 29.3. The van der Waals surface area contributed by atoms with Gasteiger partial charge < -0.3 is 14.4 Å². The predicted molar refractivity (Wildman–Crippen MR) is 188 cm³/mol. The number of Topliss-reactive ketones (excluding diaryl/α,β-unsaturated/α-hetero) is 1. The third-order valence-electron chi connectivity index (χ3n) is 12.0. The van der Waals surface area contributed by atoms with Crippen LogP contribution in [0, 0.1) is 5.92 Å². The second-order valence-electron chi connectivity index (χ2n) is 14.9. The van der Waals surface area contributed by atoms with Gasteiger partial charge in [0.2, 0.25) is 5.91 Å². The van der Waals surface area contributed by atoms with Crippen molar-refractivity contribution in [1.29, 1.82) is 0 Å². The van der Waals surface area contributed by atoms with E-state index < -0.39 is 0 Å². The number of hydrogen-bond donors (Lipinski definition) is 0. The van der Waals surface area contributed by atoms with E-state index >= 15 is 0 Å². The van der Waals surface area contributed by atoms with Crippen LogP contribution in [-0.2, 0) is 27.8 Å². The SMILES string of the molecule is CCCCN(C(=O)CCCCCCCCCCc1ccccc1)[C@H]1CC[C@H]2[C@H]3Cc4ccc(OC)c5c4[C@@]2(CCN3CC(C)=O)[C@H]1O5. The lowest BCUT2D eigenvalue weighted by atomic mass is 9.51. The van der Waals surface area contributed by atoms with Gasteiger partial charge in [-0.1, -0.05) is 88.3 Å². The van der Waals surface area contributed by atoms with Gasteiger partial charge in [0, 0.05) is 30.0 Å². The van der Waals surface area contributed by atoms with Gasteiger partial charge in [0.05, 0.1) is 19.7 Å². The van der Waals surface area contributed by atoms with E-state index in [0.29, 0.717) is 30.8 Å². The number of benzene rings is 2. The van der Waals surface area contributed by atoms with Crippen molar-refractivity contribution in [3.63, 3.8) is 0 Å². The molecule has 1 saturated carbocycles. The molecule has 2 heterocycles. The summed E-state index contributed by atoms with van der Waals surface area (Å²) in [5.74, 6) is 2.72. The largest absolute Gasteiger partial charge is 0.493 e. The standard InChI is InChI=1S/C41H58N2O4/c1-4-5-26-43(37(45)20-16-11-9-7-6-8-10-13-17-31-18-14-12-15-19-31)34-23-22-33-35-28-32-21-24-36(46-3)39-38(32)41(33,40(34)47-39)25-27-42(35)29-30(2)44/h12,14-15,18-19,21,24,33-35,40H,4-11,13,16-17,20,22-23,25-29H2,1-3H3/t33-,34-,35+,40-,41-/m0/s1. The van der Waals surface area contributed by atoms with Crippen LogP contribution < -0.4 is 9.47 Å². The maximum atomic E-state index is 14.1. The van der Waals surface area contributed by atoms with Crippen LogP contribution in [0.25, 0.3) is 0 Å². The molecule has 6 nitrogen and oxygen atoms in total. The lowest BCUT2D eigenvalue weighted by Gasteiger charge is -2.60. The highest BCUT2D eigenvalue weighted by Gasteiger charge is 2.66. The van der Waals surface area contributed by atoms with Gasteiger partial charge in [-0.15, -0.1) is 0 Å². The fraction of sp³-hybridized carbons (Fsp3) is 0.659. The van der Waals surface area contributed by atoms with Gasteiger partial charge >= 0.3 is 0 Å². The van der Waals surface area contributed by atoms with Gasteiger partial charge in [-0.05, 0) is 87.9 Å². The lowest BCUT2D eigenvalue weighted by molar-refractivity contribution is -0.143. The summed E-state index contributed by atoms with van der Waals surface area (Å²) in [6, 6.07) is 15.5. The summed E-state index contributed by atoms with van der Waals surface area (Å²) in [4.78, 5) is 31.0. The van der Waals surface area contributed by atoms with E-state index in [2.05, 4.69) is 59.2 Å². The average molecular weight is 643 g/mol. The molecule has 5 atom stereocenters. The van der Waals surface area contributed by atoms with Crippen LogP contribution in [0.5, 0.6) is 11.5 Å². The Morgan fingerprint density at radius 1 is 0.957 bits per heavy atom. The minimum Gasteiger partial charge on any atom is -0.493 e. The molecule has 2 aliphatic heterocycles. The van der Waals surface area contributed by atoms with Gasteiger partial charge in [-0.2, -0.15) is 0 Å². The van der Waals surface area contributed by atoms with Crippen molar-refractivity contribution in [3.8, 4) is 11.5 Å². The number of ether oxygens (including phenoxy) is 2. The van der Waals surface area contributed by atoms with Crippen LogP contribution in [0.2, 0.25) is 0 Å². The summed E-state index contributed by atoms with van der Waals surface area (Å²) < 4.78 is 12.9. The smallest absolute Gasteiger partial charge is 0.222 e. The highest BCUT2D eigenvalue weighted by atomic mass is 16.5. The molecule has 1 spiro atoms. The summed E-state index contributed by atoms with van der Waals surface area (Å²) in [6.45, 7) is 6.17. The van der Waals surface area contributed by atoms with E-state index in [1.807, 2.05) is 0 Å². The molecule has 0 unspecified atom stereocenters.